The van der Waals surface area contributed by atoms with Crippen molar-refractivity contribution >= 4 is 33.4 Å². The van der Waals surface area contributed by atoms with E-state index in [-0.39, 0.29) is 30.8 Å². The van der Waals surface area contributed by atoms with Crippen LogP contribution in [0.3, 0.4) is 0 Å². The number of nitrogens with zero attached hydrogens (tertiary/aromatic N) is 1. The molecule has 0 radical (unpaired) electrons. The molecule has 3 aromatic rings. The summed E-state index contributed by atoms with van der Waals surface area (Å²) in [5.41, 5.74) is 4.66. The second-order valence-corrected chi connectivity index (χ2v) is 8.20. The lowest BCUT2D eigenvalue weighted by Gasteiger charge is -2.31. The molecule has 1 N–H and O–H groups in total. The highest BCUT2D eigenvalue weighted by Gasteiger charge is 2.33. The molecule has 4 rings (SSSR count). The van der Waals surface area contributed by atoms with E-state index in [4.69, 9.17) is 0 Å². The maximum atomic E-state index is 13.4. The summed E-state index contributed by atoms with van der Waals surface area (Å²) in [4.78, 5) is 27.7. The third-order valence-electron chi connectivity index (χ3n) is 5.08. The minimum atomic E-state index is -0.347. The van der Waals surface area contributed by atoms with Gasteiger partial charge >= 0.3 is 0 Å². The van der Waals surface area contributed by atoms with Gasteiger partial charge in [0.1, 0.15) is 6.54 Å². The summed E-state index contributed by atoms with van der Waals surface area (Å²) in [6, 6.07) is 23.2. The summed E-state index contributed by atoms with van der Waals surface area (Å²) in [6.45, 7) is 2.02. The van der Waals surface area contributed by atoms with E-state index in [0.29, 0.717) is 0 Å². The molecular weight excluding hydrogens is 428 g/mol. The Labute approximate surface area is 178 Å². The number of aryl methyl sites for hydroxylation is 1. The molecule has 0 bridgehead atoms. The Balaban J connectivity index is 1.79. The molecule has 2 amide bonds. The molecule has 3 aromatic carbocycles. The number of hydrogen-bond acceptors (Lipinski definition) is 2. The first kappa shape index (κ1) is 19.4. The maximum absolute atomic E-state index is 13.4. The Hall–Kier alpha value is -2.92. The highest BCUT2D eigenvalue weighted by molar-refractivity contribution is 9.10. The van der Waals surface area contributed by atoms with Gasteiger partial charge < -0.3 is 10.2 Å². The molecule has 0 fully saturated rings. The molecule has 0 aliphatic carbocycles. The number of carbonyl (C=O) groups is 2. The molecule has 0 aromatic heterocycles. The average Bonchev–Trinajstić information content (AvgIpc) is 2.84. The third-order valence-corrected chi connectivity index (χ3v) is 5.57. The number of anilines is 1. The van der Waals surface area contributed by atoms with Gasteiger partial charge in [0, 0.05) is 15.7 Å². The van der Waals surface area contributed by atoms with Crippen molar-refractivity contribution in [2.75, 3.05) is 11.9 Å². The van der Waals surface area contributed by atoms with Crippen LogP contribution in [0.2, 0.25) is 0 Å². The van der Waals surface area contributed by atoms with Crippen molar-refractivity contribution in [2.45, 2.75) is 19.4 Å². The Morgan fingerprint density at radius 1 is 1.07 bits per heavy atom. The molecule has 1 heterocycles. The number of benzene rings is 3. The van der Waals surface area contributed by atoms with E-state index >= 15 is 0 Å². The van der Waals surface area contributed by atoms with Crippen LogP contribution >= 0.6 is 15.9 Å². The van der Waals surface area contributed by atoms with Crippen LogP contribution in [-0.4, -0.2) is 23.3 Å². The van der Waals surface area contributed by atoms with E-state index < -0.39 is 0 Å². The number of hydrogen-bond donors (Lipinski definition) is 1. The van der Waals surface area contributed by atoms with Gasteiger partial charge in [-0.25, -0.2) is 0 Å². The fourth-order valence-electron chi connectivity index (χ4n) is 3.80. The van der Waals surface area contributed by atoms with Gasteiger partial charge in [0.25, 0.3) is 0 Å². The molecule has 1 aliphatic rings. The summed E-state index contributed by atoms with van der Waals surface area (Å²) in [5.74, 6) is -0.267. The summed E-state index contributed by atoms with van der Waals surface area (Å²) >= 11 is 3.53. The van der Waals surface area contributed by atoms with Crippen LogP contribution in [0.15, 0.2) is 77.3 Å². The number of amides is 2. The second-order valence-electron chi connectivity index (χ2n) is 7.28. The lowest BCUT2D eigenvalue weighted by Crippen LogP contribution is -2.39. The van der Waals surface area contributed by atoms with E-state index in [1.165, 1.54) is 0 Å². The summed E-state index contributed by atoms with van der Waals surface area (Å²) in [5, 5.41) is 2.95. The molecular formula is C24H21BrN2O2. The second kappa shape index (κ2) is 8.21. The van der Waals surface area contributed by atoms with Crippen molar-refractivity contribution in [3.8, 4) is 0 Å². The van der Waals surface area contributed by atoms with Crippen molar-refractivity contribution in [3.05, 3.63) is 99.5 Å². The van der Waals surface area contributed by atoms with Crippen molar-refractivity contribution in [3.63, 3.8) is 0 Å². The van der Waals surface area contributed by atoms with E-state index in [1.54, 1.807) is 4.90 Å². The Bertz CT molecular complexity index is 1070. The van der Waals surface area contributed by atoms with Crippen LogP contribution in [0, 0.1) is 6.92 Å². The lowest BCUT2D eigenvalue weighted by atomic mass is 9.95. The first-order valence-electron chi connectivity index (χ1n) is 9.50. The first-order chi connectivity index (χ1) is 14.0. The molecule has 5 heteroatoms. The van der Waals surface area contributed by atoms with Crippen LogP contribution in [0.25, 0.3) is 0 Å². The number of rotatable bonds is 3. The fourth-order valence-corrected chi connectivity index (χ4v) is 4.18. The van der Waals surface area contributed by atoms with Crippen molar-refractivity contribution in [1.82, 2.24) is 4.90 Å². The first-order valence-corrected chi connectivity index (χ1v) is 10.3. The number of carbonyl (C=O) groups excluding carboxylic acids is 2. The van der Waals surface area contributed by atoms with Crippen molar-refractivity contribution < 1.29 is 9.59 Å². The van der Waals surface area contributed by atoms with Crippen LogP contribution in [0.5, 0.6) is 0 Å². The normalized spacial score (nSPS) is 16.0. The number of fused-ring (bicyclic) bond motifs is 1. The van der Waals surface area contributed by atoms with E-state index in [9.17, 15) is 9.59 Å². The Morgan fingerprint density at radius 3 is 2.62 bits per heavy atom. The van der Waals surface area contributed by atoms with Crippen molar-refractivity contribution in [1.29, 1.82) is 0 Å². The van der Waals surface area contributed by atoms with E-state index in [0.717, 1.165) is 32.4 Å². The molecule has 146 valence electrons. The molecule has 0 spiro atoms. The highest BCUT2D eigenvalue weighted by Crippen LogP contribution is 2.37. The largest absolute Gasteiger partial charge is 0.324 e. The van der Waals surface area contributed by atoms with Gasteiger partial charge in [-0.3, -0.25) is 9.59 Å². The minimum Gasteiger partial charge on any atom is -0.324 e. The molecule has 4 nitrogen and oxygen atoms in total. The minimum absolute atomic E-state index is 0.0104. The zero-order valence-corrected chi connectivity index (χ0v) is 17.6. The predicted octanol–water partition coefficient (Wildman–Crippen LogP) is 4.87. The van der Waals surface area contributed by atoms with E-state index in [1.807, 2.05) is 79.7 Å². The molecule has 1 aliphatic heterocycles. The van der Waals surface area contributed by atoms with Gasteiger partial charge in [0.2, 0.25) is 11.8 Å². The molecule has 0 saturated heterocycles. The zero-order chi connectivity index (χ0) is 20.4. The third kappa shape index (κ3) is 4.25. The average molecular weight is 449 g/mol. The number of nitrogens with one attached hydrogen (secondary N) is 1. The SMILES string of the molecule is Cc1cccc(CC(=O)N2CC(=O)Nc3ccc(Br)cc3C2c2ccccc2)c1. The Kier molecular flexibility index (Phi) is 5.49. The molecule has 0 saturated carbocycles. The molecule has 1 unspecified atom stereocenters. The topological polar surface area (TPSA) is 49.4 Å². The van der Waals surface area contributed by atoms with Gasteiger partial charge in [-0.15, -0.1) is 0 Å². The van der Waals surface area contributed by atoms with Crippen LogP contribution in [-0.2, 0) is 16.0 Å². The lowest BCUT2D eigenvalue weighted by molar-refractivity contribution is -0.135. The summed E-state index contributed by atoms with van der Waals surface area (Å²) < 4.78 is 0.902. The highest BCUT2D eigenvalue weighted by atomic mass is 79.9. The summed E-state index contributed by atoms with van der Waals surface area (Å²) in [6.07, 6.45) is 0.252. The summed E-state index contributed by atoms with van der Waals surface area (Å²) in [7, 11) is 0. The van der Waals surface area contributed by atoms with Gasteiger partial charge in [0.15, 0.2) is 0 Å². The van der Waals surface area contributed by atoms with Gasteiger partial charge in [-0.1, -0.05) is 76.1 Å². The molecule has 1 atom stereocenters. The standard InChI is InChI=1S/C24H21BrN2O2/c1-16-6-5-7-17(12-16)13-23(29)27-15-22(28)26-21-11-10-19(25)14-20(21)24(27)18-8-3-2-4-9-18/h2-12,14,24H,13,15H2,1H3,(H,26,28). The van der Waals surface area contributed by atoms with Crippen LogP contribution < -0.4 is 5.32 Å². The smallest absolute Gasteiger partial charge is 0.244 e. The fraction of sp³-hybridized carbons (Fsp3) is 0.167. The predicted molar refractivity (Wildman–Crippen MR) is 118 cm³/mol. The van der Waals surface area contributed by atoms with Crippen LogP contribution in [0.1, 0.15) is 28.3 Å². The van der Waals surface area contributed by atoms with Crippen LogP contribution in [0.4, 0.5) is 5.69 Å². The quantitative estimate of drug-likeness (QED) is 0.621. The Morgan fingerprint density at radius 2 is 1.86 bits per heavy atom. The van der Waals surface area contributed by atoms with E-state index in [2.05, 4.69) is 21.2 Å². The molecule has 29 heavy (non-hydrogen) atoms. The van der Waals surface area contributed by atoms with Crippen molar-refractivity contribution in [2.24, 2.45) is 0 Å². The van der Waals surface area contributed by atoms with Gasteiger partial charge in [0.05, 0.1) is 12.5 Å². The maximum Gasteiger partial charge on any atom is 0.244 e. The zero-order valence-electron chi connectivity index (χ0n) is 16.1. The van der Waals surface area contributed by atoms with Gasteiger partial charge in [-0.2, -0.15) is 0 Å². The number of halogens is 1. The van der Waals surface area contributed by atoms with Gasteiger partial charge in [-0.05, 0) is 36.2 Å². The monoisotopic (exact) mass is 448 g/mol.